The van der Waals surface area contributed by atoms with E-state index in [-0.39, 0.29) is 0 Å². The Morgan fingerprint density at radius 1 is 1.44 bits per heavy atom. The summed E-state index contributed by atoms with van der Waals surface area (Å²) < 4.78 is 6.32. The van der Waals surface area contributed by atoms with Crippen LogP contribution in [0.4, 0.5) is 0 Å². The van der Waals surface area contributed by atoms with E-state index in [0.717, 1.165) is 35.4 Å². The first-order valence-corrected chi connectivity index (χ1v) is 6.83. The maximum atomic E-state index is 5.18. The van der Waals surface area contributed by atoms with E-state index in [2.05, 4.69) is 44.8 Å². The van der Waals surface area contributed by atoms with Gasteiger partial charge >= 0.3 is 0 Å². The zero-order chi connectivity index (χ0) is 11.4. The van der Waals surface area contributed by atoms with Crippen LogP contribution in [0.3, 0.4) is 0 Å². The van der Waals surface area contributed by atoms with E-state index in [9.17, 15) is 0 Å². The molecule has 0 aliphatic heterocycles. The van der Waals surface area contributed by atoms with Crippen molar-refractivity contribution in [3.8, 4) is 0 Å². The topological polar surface area (TPSA) is 38.1 Å². The van der Waals surface area contributed by atoms with Crippen molar-refractivity contribution in [2.45, 2.75) is 26.4 Å². The minimum absolute atomic E-state index is 0.725. The molecule has 0 fully saturated rings. The van der Waals surface area contributed by atoms with Crippen LogP contribution >= 0.6 is 27.3 Å². The molecule has 2 rings (SSSR count). The van der Waals surface area contributed by atoms with Crippen molar-refractivity contribution in [1.29, 1.82) is 0 Å². The molecule has 1 N–H and O–H groups in total. The Kier molecular flexibility index (Phi) is 4.15. The Bertz CT molecular complexity index is 452. The van der Waals surface area contributed by atoms with Gasteiger partial charge in [0.1, 0.15) is 0 Å². The number of hydrogen-bond donors (Lipinski definition) is 1. The SMILES string of the molecule is CCc1cc(CNCc2cc(Br)cs2)on1. The fourth-order valence-corrected chi connectivity index (χ4v) is 2.78. The van der Waals surface area contributed by atoms with Crippen LogP contribution in [0.5, 0.6) is 0 Å². The van der Waals surface area contributed by atoms with Gasteiger partial charge in [0, 0.05) is 27.3 Å². The van der Waals surface area contributed by atoms with Gasteiger partial charge in [0.2, 0.25) is 0 Å². The lowest BCUT2D eigenvalue weighted by atomic mass is 10.3. The smallest absolute Gasteiger partial charge is 0.150 e. The highest BCUT2D eigenvalue weighted by Crippen LogP contribution is 2.19. The normalized spacial score (nSPS) is 10.9. The van der Waals surface area contributed by atoms with Crippen molar-refractivity contribution in [3.63, 3.8) is 0 Å². The highest BCUT2D eigenvalue weighted by atomic mass is 79.9. The number of hydrogen-bond acceptors (Lipinski definition) is 4. The van der Waals surface area contributed by atoms with E-state index in [0.29, 0.717) is 0 Å². The summed E-state index contributed by atoms with van der Waals surface area (Å²) >= 11 is 5.17. The predicted octanol–water partition coefficient (Wildman–Crippen LogP) is 3.35. The van der Waals surface area contributed by atoms with Crippen LogP contribution in [-0.2, 0) is 19.5 Å². The van der Waals surface area contributed by atoms with Crippen molar-refractivity contribution >= 4 is 27.3 Å². The monoisotopic (exact) mass is 300 g/mol. The maximum Gasteiger partial charge on any atom is 0.150 e. The second-order valence-corrected chi connectivity index (χ2v) is 5.38. The zero-order valence-corrected chi connectivity index (χ0v) is 11.4. The number of thiophene rings is 1. The summed E-state index contributed by atoms with van der Waals surface area (Å²) in [6, 6.07) is 4.12. The molecule has 0 aromatic carbocycles. The number of nitrogens with one attached hydrogen (secondary N) is 1. The molecule has 0 atom stereocenters. The molecule has 0 aliphatic rings. The molecule has 0 bridgehead atoms. The molecular formula is C11H13BrN2OS. The van der Waals surface area contributed by atoms with Crippen molar-refractivity contribution in [3.05, 3.63) is 38.3 Å². The first-order valence-electron chi connectivity index (χ1n) is 5.16. The highest BCUT2D eigenvalue weighted by molar-refractivity contribution is 9.10. The van der Waals surface area contributed by atoms with Crippen LogP contribution in [0.2, 0.25) is 0 Å². The molecule has 16 heavy (non-hydrogen) atoms. The number of aromatic nitrogens is 1. The Balaban J connectivity index is 1.79. The molecule has 2 aromatic heterocycles. The Hall–Kier alpha value is -0.650. The molecule has 0 radical (unpaired) electrons. The Morgan fingerprint density at radius 3 is 2.94 bits per heavy atom. The molecule has 86 valence electrons. The van der Waals surface area contributed by atoms with E-state index < -0.39 is 0 Å². The van der Waals surface area contributed by atoms with Gasteiger partial charge in [0.25, 0.3) is 0 Å². The van der Waals surface area contributed by atoms with Gasteiger partial charge in [-0.25, -0.2) is 0 Å². The number of aryl methyl sites for hydroxylation is 1. The van der Waals surface area contributed by atoms with E-state index in [1.807, 2.05) is 6.07 Å². The van der Waals surface area contributed by atoms with Gasteiger partial charge in [-0.2, -0.15) is 0 Å². The third kappa shape index (κ3) is 3.17. The summed E-state index contributed by atoms with van der Waals surface area (Å²) in [5.41, 5.74) is 1.01. The molecular weight excluding hydrogens is 288 g/mol. The van der Waals surface area contributed by atoms with Crippen molar-refractivity contribution in [1.82, 2.24) is 10.5 Å². The van der Waals surface area contributed by atoms with Gasteiger partial charge in [0.15, 0.2) is 5.76 Å². The van der Waals surface area contributed by atoms with Crippen molar-refractivity contribution < 1.29 is 4.52 Å². The van der Waals surface area contributed by atoms with Gasteiger partial charge in [-0.1, -0.05) is 12.1 Å². The average Bonchev–Trinajstić information content (AvgIpc) is 2.88. The molecule has 0 spiro atoms. The number of nitrogens with zero attached hydrogens (tertiary/aromatic N) is 1. The molecule has 0 aliphatic carbocycles. The quantitative estimate of drug-likeness (QED) is 0.920. The minimum atomic E-state index is 0.725. The van der Waals surface area contributed by atoms with Crippen LogP contribution in [0.15, 0.2) is 26.5 Å². The van der Waals surface area contributed by atoms with Gasteiger partial charge in [-0.15, -0.1) is 11.3 Å². The summed E-state index contributed by atoms with van der Waals surface area (Å²) in [7, 11) is 0. The molecule has 0 unspecified atom stereocenters. The van der Waals surface area contributed by atoms with Gasteiger partial charge < -0.3 is 9.84 Å². The van der Waals surface area contributed by atoms with E-state index in [1.54, 1.807) is 11.3 Å². The third-order valence-corrected chi connectivity index (χ3v) is 3.89. The van der Waals surface area contributed by atoms with E-state index in [1.165, 1.54) is 4.88 Å². The first kappa shape index (κ1) is 11.8. The largest absolute Gasteiger partial charge is 0.360 e. The second kappa shape index (κ2) is 5.61. The van der Waals surface area contributed by atoms with Crippen LogP contribution < -0.4 is 5.32 Å². The van der Waals surface area contributed by atoms with Crippen LogP contribution in [0.25, 0.3) is 0 Å². The van der Waals surface area contributed by atoms with E-state index >= 15 is 0 Å². The summed E-state index contributed by atoms with van der Waals surface area (Å²) in [6.45, 7) is 3.65. The summed E-state index contributed by atoms with van der Waals surface area (Å²) in [4.78, 5) is 1.31. The Morgan fingerprint density at radius 2 is 2.31 bits per heavy atom. The lowest BCUT2D eigenvalue weighted by Crippen LogP contribution is -2.10. The molecule has 0 saturated heterocycles. The van der Waals surface area contributed by atoms with Crippen LogP contribution in [0, 0.1) is 0 Å². The third-order valence-electron chi connectivity index (χ3n) is 2.19. The highest BCUT2D eigenvalue weighted by Gasteiger charge is 2.02. The minimum Gasteiger partial charge on any atom is -0.360 e. The van der Waals surface area contributed by atoms with Gasteiger partial charge in [0.05, 0.1) is 12.2 Å². The lowest BCUT2D eigenvalue weighted by Gasteiger charge is -1.98. The lowest BCUT2D eigenvalue weighted by molar-refractivity contribution is 0.368. The van der Waals surface area contributed by atoms with Gasteiger partial charge in [-0.3, -0.25) is 0 Å². The number of halogens is 1. The fourth-order valence-electron chi connectivity index (χ4n) is 1.36. The summed E-state index contributed by atoms with van der Waals surface area (Å²) in [5.74, 6) is 0.896. The van der Waals surface area contributed by atoms with Gasteiger partial charge in [-0.05, 0) is 28.4 Å². The van der Waals surface area contributed by atoms with Crippen LogP contribution in [0.1, 0.15) is 23.3 Å². The fraction of sp³-hybridized carbons (Fsp3) is 0.364. The second-order valence-electron chi connectivity index (χ2n) is 3.47. The molecule has 0 saturated carbocycles. The average molecular weight is 301 g/mol. The zero-order valence-electron chi connectivity index (χ0n) is 9.00. The van der Waals surface area contributed by atoms with Crippen LogP contribution in [-0.4, -0.2) is 5.16 Å². The summed E-state index contributed by atoms with van der Waals surface area (Å²) in [5, 5.41) is 9.35. The molecule has 5 heteroatoms. The molecule has 2 aromatic rings. The number of rotatable bonds is 5. The van der Waals surface area contributed by atoms with Crippen molar-refractivity contribution in [2.75, 3.05) is 0 Å². The molecule has 0 amide bonds. The maximum absolute atomic E-state index is 5.18. The predicted molar refractivity (Wildman–Crippen MR) is 68.4 cm³/mol. The molecule has 3 nitrogen and oxygen atoms in total. The van der Waals surface area contributed by atoms with E-state index in [4.69, 9.17) is 4.52 Å². The standard InChI is InChI=1S/C11H13BrN2OS/c1-2-9-4-10(15-14-9)5-13-6-11-3-8(12)7-16-11/h3-4,7,13H,2,5-6H2,1H3. The summed E-state index contributed by atoms with van der Waals surface area (Å²) in [6.07, 6.45) is 0.918. The molecule has 2 heterocycles. The van der Waals surface area contributed by atoms with Crippen molar-refractivity contribution in [2.24, 2.45) is 0 Å². The first-order chi connectivity index (χ1) is 7.78. The Labute approximate surface area is 107 Å².